The van der Waals surface area contributed by atoms with E-state index >= 15 is 38.4 Å². The summed E-state index contributed by atoms with van der Waals surface area (Å²) in [5, 5.41) is 22.8. The van der Waals surface area contributed by atoms with Crippen LogP contribution >= 0.6 is 0 Å². The Balaban J connectivity index is 2.02. The van der Waals surface area contributed by atoms with Crippen LogP contribution in [0, 0.1) is 23.7 Å². The summed E-state index contributed by atoms with van der Waals surface area (Å²) in [5.74, 6) is -10.1. The van der Waals surface area contributed by atoms with Crippen molar-refractivity contribution in [2.75, 3.05) is 69.0 Å². The molecule has 0 aliphatic carbocycles. The highest BCUT2D eigenvalue weighted by atomic mass is 16.5. The number of ether oxygens (including phenoxy) is 1. The molecule has 0 radical (unpaired) electrons. The van der Waals surface area contributed by atoms with Crippen LogP contribution in [0.2, 0.25) is 0 Å². The molecule has 2 aromatic rings. The van der Waals surface area contributed by atoms with Gasteiger partial charge < -0.3 is 70.3 Å². The van der Waals surface area contributed by atoms with Crippen LogP contribution in [0.3, 0.4) is 0 Å². The number of aliphatic hydroxyl groups excluding tert-OH is 1. The number of likely N-dealkylation sites (tertiary alicyclic amines) is 1. The number of nitrogens with zero attached hydrogens (tertiary/aromatic N) is 8. The Kier molecular flexibility index (Phi) is 32.6. The lowest BCUT2D eigenvalue weighted by Gasteiger charge is -2.46. The van der Waals surface area contributed by atoms with Crippen LogP contribution in [0.25, 0.3) is 0 Å². The van der Waals surface area contributed by atoms with Gasteiger partial charge in [0.15, 0.2) is 0 Å². The summed E-state index contributed by atoms with van der Waals surface area (Å²) in [6.07, 6.45) is 0.386. The highest BCUT2D eigenvalue weighted by Crippen LogP contribution is 2.32. The topological polar surface area (TPSA) is 308 Å². The van der Waals surface area contributed by atoms with Gasteiger partial charge in [0.1, 0.15) is 66.0 Å². The predicted molar refractivity (Wildman–Crippen MR) is 390 cm³/mol. The van der Waals surface area contributed by atoms with E-state index in [9.17, 15) is 24.3 Å². The fourth-order valence-corrected chi connectivity index (χ4v) is 13.1. The lowest BCUT2D eigenvalue weighted by atomic mass is 9.81. The second kappa shape index (κ2) is 38.5. The Morgan fingerprint density at radius 1 is 0.529 bits per heavy atom. The third-order valence-corrected chi connectivity index (χ3v) is 20.4. The van der Waals surface area contributed by atoms with Crippen LogP contribution in [0.5, 0.6) is 0 Å². The van der Waals surface area contributed by atoms with Crippen LogP contribution in [0.15, 0.2) is 60.7 Å². The molecule has 0 aromatic heterocycles. The molecule has 2 aromatic carbocycles. The zero-order valence-electron chi connectivity index (χ0n) is 65.0. The van der Waals surface area contributed by atoms with Crippen molar-refractivity contribution in [1.29, 1.82) is 0 Å². The third-order valence-electron chi connectivity index (χ3n) is 20.4. The Hall–Kier alpha value is -8.00. The second-order valence-electron chi connectivity index (χ2n) is 30.7. The highest BCUT2D eigenvalue weighted by molar-refractivity contribution is 6.01. The molecule has 4 rings (SSSR count). The van der Waals surface area contributed by atoms with Crippen molar-refractivity contribution in [2.45, 2.75) is 246 Å². The van der Waals surface area contributed by atoms with Gasteiger partial charge in [-0.3, -0.25) is 57.5 Å². The van der Waals surface area contributed by atoms with E-state index in [1.54, 1.807) is 100 Å². The lowest BCUT2D eigenvalue weighted by molar-refractivity contribution is -0.161. The number of nitrogens with one attached hydrogen (secondary N) is 4. The summed E-state index contributed by atoms with van der Waals surface area (Å²) in [7, 11) is 9.76. The average molecular weight is 1430 g/mol. The lowest BCUT2D eigenvalue weighted by Crippen LogP contribution is -2.66. The molecule has 2 saturated heterocycles. The van der Waals surface area contributed by atoms with Crippen molar-refractivity contribution in [3.8, 4) is 0 Å². The van der Waals surface area contributed by atoms with Gasteiger partial charge in [-0.2, -0.15) is 0 Å². The molecule has 0 bridgehead atoms. The van der Waals surface area contributed by atoms with Crippen LogP contribution in [-0.2, 0) is 75.1 Å². The minimum absolute atomic E-state index is 0.0701. The van der Waals surface area contributed by atoms with Crippen LogP contribution in [-0.4, -0.2) is 262 Å². The van der Waals surface area contributed by atoms with Gasteiger partial charge in [-0.1, -0.05) is 122 Å². The van der Waals surface area contributed by atoms with E-state index in [0.717, 1.165) is 21.1 Å². The Morgan fingerprint density at radius 2 is 0.951 bits per heavy atom. The molecule has 5 N–H and O–H groups in total. The van der Waals surface area contributed by atoms with Crippen molar-refractivity contribution in [2.24, 2.45) is 23.7 Å². The summed E-state index contributed by atoms with van der Waals surface area (Å²) >= 11 is 0. The largest absolute Gasteiger partial charge is 0.391 e. The normalized spacial score (nSPS) is 26.7. The fourth-order valence-electron chi connectivity index (χ4n) is 13.1. The van der Waals surface area contributed by atoms with E-state index in [1.807, 2.05) is 48.5 Å². The molecule has 12 amide bonds. The molecule has 13 atom stereocenters. The second-order valence-corrected chi connectivity index (χ2v) is 30.7. The number of amides is 12. The Morgan fingerprint density at radius 3 is 1.41 bits per heavy atom. The fraction of sp³-hybridized carbons (Fsp3) is 0.684. The number of piperidine rings is 1. The van der Waals surface area contributed by atoms with E-state index in [0.29, 0.717) is 43.5 Å². The minimum atomic E-state index is -1.73. The van der Waals surface area contributed by atoms with Gasteiger partial charge in [0.25, 0.3) is 0 Å². The zero-order chi connectivity index (χ0) is 77.2. The first-order chi connectivity index (χ1) is 47.5. The summed E-state index contributed by atoms with van der Waals surface area (Å²) in [5.41, 5.74) is -1.39. The quantitative estimate of drug-likeness (QED) is 0.155. The van der Waals surface area contributed by atoms with Gasteiger partial charge in [-0.05, 0) is 122 Å². The first-order valence-electron chi connectivity index (χ1n) is 36.3. The maximum absolute atomic E-state index is 15.6. The van der Waals surface area contributed by atoms with Crippen LogP contribution in [0.4, 0.5) is 0 Å². The summed E-state index contributed by atoms with van der Waals surface area (Å²) in [6.45, 7) is 26.0. The van der Waals surface area contributed by atoms with Gasteiger partial charge >= 0.3 is 0 Å². The SMILES string of the molecule is CC[C@H](C)C1(C)C(=O)N(C)[C@@H](CC(C)C)C(=O)NC(C(=O)N2CCCCC2)CC(=O)N(C)[C@H](C)C(=O)N(C)[C@@H](CC(C)C)C(=O)N[C@@H](CC(C)C)C(=O)N(C)[C@@H](Cc2ccccc2)C(=O)N[C@@H](COC(C)(C)C)C(=O)N(C)[C@@H](Cc2ccccc2)C(=O)N[C@@H]([C@@H](C)O)C(=O)N(C)[C@@H](C)C(=O)N1C. The van der Waals surface area contributed by atoms with Crippen molar-refractivity contribution in [3.63, 3.8) is 0 Å². The number of aliphatic hydroxyl groups is 1. The van der Waals surface area contributed by atoms with Crippen molar-refractivity contribution in [1.82, 2.24) is 60.5 Å². The minimum Gasteiger partial charge on any atom is -0.391 e. The number of hydrogen-bond acceptors (Lipinski definition) is 14. The summed E-state index contributed by atoms with van der Waals surface area (Å²) in [6, 6.07) is 3.62. The third kappa shape index (κ3) is 23.0. The molecule has 2 aliphatic rings. The average Bonchev–Trinajstić information content (AvgIpc) is 0.776. The molecule has 2 fully saturated rings. The van der Waals surface area contributed by atoms with Crippen molar-refractivity contribution >= 4 is 70.9 Å². The number of hydrogen-bond donors (Lipinski definition) is 5. The Bertz CT molecular complexity index is 3190. The summed E-state index contributed by atoms with van der Waals surface area (Å²) in [4.78, 5) is 191. The van der Waals surface area contributed by atoms with Gasteiger partial charge in [-0.15, -0.1) is 0 Å². The molecule has 570 valence electrons. The highest BCUT2D eigenvalue weighted by Gasteiger charge is 2.50. The van der Waals surface area contributed by atoms with Gasteiger partial charge in [0.05, 0.1) is 24.7 Å². The molecule has 2 heterocycles. The molecule has 0 saturated carbocycles. The van der Waals surface area contributed by atoms with E-state index in [1.165, 1.54) is 89.7 Å². The predicted octanol–water partition coefficient (Wildman–Crippen LogP) is 4.43. The number of carbonyl (C=O) groups excluding carboxylic acids is 12. The number of likely N-dealkylation sites (N-methyl/N-ethyl adjacent to an activating group) is 7. The standard InChI is InChI=1S/C76H122N12O14/c1-23-49(8)76(15)74(101)86(21)59(41-48(6)7)65(92)78-56(72(99)88-37-31-26-32-38-88)44-62(90)81(16)50(9)68(95)83(18)58(40-47(4)5)64(91)77-55(39-46(2)3)70(97)84(19)60(42-53-33-27-24-28-34-53)66(93)79-57(45-102-75(12,13)14)71(98)85(20)61(43-54-35-29-25-30-36-54)67(94)80-63(52(11)89)73(100)82(17)51(10)69(96)87(76)22/h24-25,27-30,33-36,46-52,55-61,63,89H,23,26,31-32,37-45H2,1-22H3,(H,77,91)(H,78,92)(H,79,93)(H,80,94)/t49-,50+,51-,52+,55-,56?,57-,58-,59-,60-,61-,63-,76?/m0/s1. The smallest absolute Gasteiger partial charge is 0.248 e. The van der Waals surface area contributed by atoms with Gasteiger partial charge in [0.2, 0.25) is 70.9 Å². The number of benzene rings is 2. The maximum Gasteiger partial charge on any atom is 0.248 e. The van der Waals surface area contributed by atoms with Crippen molar-refractivity contribution < 1.29 is 67.4 Å². The van der Waals surface area contributed by atoms with E-state index in [4.69, 9.17) is 4.74 Å². The monoisotopic (exact) mass is 1430 g/mol. The molecule has 102 heavy (non-hydrogen) atoms. The zero-order valence-corrected chi connectivity index (χ0v) is 65.0. The maximum atomic E-state index is 15.6. The summed E-state index contributed by atoms with van der Waals surface area (Å²) < 4.78 is 6.23. The molecule has 2 aliphatic heterocycles. The van der Waals surface area contributed by atoms with Gasteiger partial charge in [-0.25, -0.2) is 0 Å². The molecular weight excluding hydrogens is 1300 g/mol. The van der Waals surface area contributed by atoms with E-state index in [-0.39, 0.29) is 49.9 Å². The van der Waals surface area contributed by atoms with Crippen molar-refractivity contribution in [3.05, 3.63) is 71.8 Å². The molecular formula is C76H122N12O14. The molecule has 0 spiro atoms. The number of carbonyl (C=O) groups is 12. The van der Waals surface area contributed by atoms with Crippen LogP contribution in [0.1, 0.15) is 166 Å². The first-order valence-corrected chi connectivity index (χ1v) is 36.3. The first kappa shape index (κ1) is 86.4. The van der Waals surface area contributed by atoms with Gasteiger partial charge in [0, 0.05) is 75.3 Å². The van der Waals surface area contributed by atoms with E-state index < -0.39 is 167 Å². The molecule has 2 unspecified atom stereocenters. The number of rotatable bonds is 16. The molecule has 26 heteroatoms. The molecule has 26 nitrogen and oxygen atoms in total. The van der Waals surface area contributed by atoms with E-state index in [2.05, 4.69) is 21.3 Å². The Labute approximate surface area is 606 Å². The van der Waals surface area contributed by atoms with Crippen LogP contribution < -0.4 is 21.3 Å².